The van der Waals surface area contributed by atoms with Crippen LogP contribution in [0, 0.1) is 6.92 Å². The lowest BCUT2D eigenvalue weighted by atomic mass is 9.82. The Morgan fingerprint density at radius 1 is 0.387 bits per heavy atom. The van der Waals surface area contributed by atoms with Crippen molar-refractivity contribution in [1.29, 1.82) is 0 Å². The maximum Gasteiger partial charge on any atom is 0.143 e. The minimum atomic E-state index is -0.234. The highest BCUT2D eigenvalue weighted by atomic mass is 16.3. The smallest absolute Gasteiger partial charge is 0.143 e. The van der Waals surface area contributed by atoms with E-state index in [1.54, 1.807) is 0 Å². The van der Waals surface area contributed by atoms with Crippen molar-refractivity contribution in [1.82, 2.24) is 4.57 Å². The lowest BCUT2D eigenvalue weighted by Gasteiger charge is -2.22. The van der Waals surface area contributed by atoms with Gasteiger partial charge in [-0.3, -0.25) is 0 Å². The Morgan fingerprint density at radius 2 is 0.952 bits per heavy atom. The summed E-state index contributed by atoms with van der Waals surface area (Å²) < 4.78 is 22.3. The summed E-state index contributed by atoms with van der Waals surface area (Å²) in [5.74, 6) is 0. The number of aromatic nitrogens is 1. The Bertz CT molecular complexity index is 4090. The molecule has 0 amide bonds. The van der Waals surface area contributed by atoms with Crippen molar-refractivity contribution >= 4 is 87.6 Å². The van der Waals surface area contributed by atoms with E-state index in [0.717, 1.165) is 105 Å². The van der Waals surface area contributed by atoms with Gasteiger partial charge in [0, 0.05) is 70.9 Å². The molecular weight excluding hydrogens is 759 g/mol. The predicted octanol–water partition coefficient (Wildman–Crippen LogP) is 16.4. The summed E-state index contributed by atoms with van der Waals surface area (Å²) in [7, 11) is 0. The second-order valence-electron chi connectivity index (χ2n) is 17.7. The fourth-order valence-corrected chi connectivity index (χ4v) is 10.9. The van der Waals surface area contributed by atoms with Gasteiger partial charge in [0.1, 0.15) is 33.5 Å². The van der Waals surface area contributed by atoms with Crippen LogP contribution in [0.15, 0.2) is 183 Å². The molecule has 1 aliphatic rings. The van der Waals surface area contributed by atoms with Crippen LogP contribution in [0.5, 0.6) is 0 Å². The molecule has 4 heterocycles. The minimum Gasteiger partial charge on any atom is -0.455 e. The number of fused-ring (bicyclic) bond motifs is 16. The summed E-state index contributed by atoms with van der Waals surface area (Å²) in [4.78, 5) is 0. The first-order chi connectivity index (χ1) is 30.4. The molecule has 0 saturated heterocycles. The van der Waals surface area contributed by atoms with Crippen LogP contribution in [0.3, 0.4) is 0 Å². The summed E-state index contributed by atoms with van der Waals surface area (Å²) >= 11 is 0. The highest BCUT2D eigenvalue weighted by molar-refractivity contribution is 6.16. The fraction of sp³-hybridized carbons (Fsp3) is 0.0690. The summed E-state index contributed by atoms with van der Waals surface area (Å²) in [5, 5.41) is 9.19. The number of hydrogen-bond donors (Lipinski definition) is 0. The van der Waals surface area contributed by atoms with Gasteiger partial charge >= 0.3 is 0 Å². The van der Waals surface area contributed by atoms with E-state index in [9.17, 15) is 0 Å². The summed E-state index contributed by atoms with van der Waals surface area (Å²) in [6.07, 6.45) is 0. The number of benzene rings is 9. The molecule has 0 unspecified atom stereocenters. The normalized spacial score (nSPS) is 13.5. The number of aryl methyl sites for hydroxylation is 1. The van der Waals surface area contributed by atoms with Crippen LogP contribution in [0.25, 0.3) is 127 Å². The molecule has 292 valence electrons. The average molecular weight is 796 g/mol. The van der Waals surface area contributed by atoms with Crippen molar-refractivity contribution in [2.24, 2.45) is 0 Å². The van der Waals surface area contributed by atoms with Gasteiger partial charge in [-0.1, -0.05) is 129 Å². The first kappa shape index (κ1) is 34.0. The van der Waals surface area contributed by atoms with Crippen LogP contribution < -0.4 is 0 Å². The molecule has 4 heteroatoms. The number of hydrogen-bond acceptors (Lipinski definition) is 3. The van der Waals surface area contributed by atoms with Crippen LogP contribution >= 0.6 is 0 Å². The van der Waals surface area contributed by atoms with Gasteiger partial charge in [0.2, 0.25) is 0 Å². The Balaban J connectivity index is 1.01. The second kappa shape index (κ2) is 11.9. The topological polar surface area (TPSA) is 44.4 Å². The quantitative estimate of drug-likeness (QED) is 0.179. The highest BCUT2D eigenvalue weighted by Gasteiger charge is 2.38. The zero-order valence-corrected chi connectivity index (χ0v) is 34.3. The zero-order valence-electron chi connectivity index (χ0n) is 34.3. The molecule has 0 saturated carbocycles. The maximum atomic E-state index is 6.63. The van der Waals surface area contributed by atoms with Crippen LogP contribution in [-0.2, 0) is 5.41 Å². The second-order valence-corrected chi connectivity index (χ2v) is 17.7. The van der Waals surface area contributed by atoms with E-state index in [4.69, 9.17) is 13.3 Å². The number of rotatable bonds is 3. The van der Waals surface area contributed by atoms with Gasteiger partial charge in [0.25, 0.3) is 0 Å². The van der Waals surface area contributed by atoms with Crippen LogP contribution in [0.2, 0.25) is 0 Å². The maximum absolute atomic E-state index is 6.63. The molecular formula is C58H37NO3. The third kappa shape index (κ3) is 4.45. The van der Waals surface area contributed by atoms with E-state index in [-0.39, 0.29) is 5.41 Å². The van der Waals surface area contributed by atoms with E-state index in [2.05, 4.69) is 183 Å². The van der Waals surface area contributed by atoms with Gasteiger partial charge in [-0.15, -0.1) is 0 Å². The van der Waals surface area contributed by atoms with Gasteiger partial charge in [-0.05, 0) is 95.4 Å². The van der Waals surface area contributed by atoms with Gasteiger partial charge in [-0.2, -0.15) is 0 Å². The first-order valence-corrected chi connectivity index (χ1v) is 21.4. The molecule has 9 aromatic carbocycles. The first-order valence-electron chi connectivity index (χ1n) is 21.4. The predicted molar refractivity (Wildman–Crippen MR) is 256 cm³/mol. The molecule has 0 aliphatic heterocycles. The van der Waals surface area contributed by atoms with Gasteiger partial charge in [-0.25, -0.2) is 0 Å². The fourth-order valence-electron chi connectivity index (χ4n) is 10.9. The van der Waals surface area contributed by atoms with Gasteiger partial charge < -0.3 is 17.8 Å². The molecule has 0 bridgehead atoms. The largest absolute Gasteiger partial charge is 0.455 e. The van der Waals surface area contributed by atoms with Crippen molar-refractivity contribution in [3.63, 3.8) is 0 Å². The lowest BCUT2D eigenvalue weighted by Crippen LogP contribution is -2.15. The van der Waals surface area contributed by atoms with Crippen molar-refractivity contribution in [2.75, 3.05) is 0 Å². The molecule has 0 fully saturated rings. The van der Waals surface area contributed by atoms with Crippen LogP contribution in [-0.4, -0.2) is 4.57 Å². The third-order valence-corrected chi connectivity index (χ3v) is 13.9. The number of nitrogens with zero attached hydrogens (tertiary/aromatic N) is 1. The van der Waals surface area contributed by atoms with E-state index in [0.29, 0.717) is 0 Å². The molecule has 0 spiro atoms. The molecule has 0 N–H and O–H groups in total. The summed E-state index contributed by atoms with van der Waals surface area (Å²) in [6.45, 7) is 6.83. The molecule has 1 aliphatic carbocycles. The van der Waals surface area contributed by atoms with E-state index >= 15 is 0 Å². The van der Waals surface area contributed by atoms with Gasteiger partial charge in [0.05, 0.1) is 11.0 Å². The number of furan rings is 3. The Kier molecular flexibility index (Phi) is 6.53. The van der Waals surface area contributed by atoms with Crippen LogP contribution in [0.4, 0.5) is 0 Å². The summed E-state index contributed by atoms with van der Waals surface area (Å²) in [6, 6.07) is 61.5. The monoisotopic (exact) mass is 795 g/mol. The summed E-state index contributed by atoms with van der Waals surface area (Å²) in [5.41, 5.74) is 19.3. The van der Waals surface area contributed by atoms with Crippen molar-refractivity contribution in [2.45, 2.75) is 26.2 Å². The van der Waals surface area contributed by atoms with Crippen molar-refractivity contribution < 1.29 is 13.3 Å². The third-order valence-electron chi connectivity index (χ3n) is 13.9. The molecule has 4 aromatic heterocycles. The Morgan fingerprint density at radius 3 is 1.61 bits per heavy atom. The standard InChI is InChI=1S/C58H37NO3/c1-32-18-27-53-46(28-32)41-15-9-13-37(56(41)61-53)34-20-26-50-45(30-34)44-29-33(36-12-8-14-40-38-10-4-6-16-51(38)60-55(36)40)19-25-49(44)59(50)35-21-22-43-48(31-35)58(2,3)47-24-23-42-39-11-5-7-17-52(39)62-57(42)54(43)47/h4-31H,1-3H3. The lowest BCUT2D eigenvalue weighted by molar-refractivity contribution is 0.653. The highest BCUT2D eigenvalue weighted by Crippen LogP contribution is 2.53. The van der Waals surface area contributed by atoms with Crippen molar-refractivity contribution in [3.8, 4) is 39.1 Å². The minimum absolute atomic E-state index is 0.234. The van der Waals surface area contributed by atoms with E-state index < -0.39 is 0 Å². The molecule has 13 aromatic rings. The van der Waals surface area contributed by atoms with Crippen LogP contribution in [0.1, 0.15) is 30.5 Å². The average Bonchev–Trinajstić information content (AvgIpc) is 4.10. The SMILES string of the molecule is Cc1ccc2oc3c(-c4ccc5c(c4)c4cc(-c6cccc7c6oc6ccccc67)ccc4n5-c4ccc5c(c4)C(C)(C)c4ccc6c(oc7ccccc76)c4-5)cccc3c2c1. The number of para-hydroxylation sites is 4. The Labute approximate surface area is 355 Å². The molecule has 4 nitrogen and oxygen atoms in total. The molecule has 0 radical (unpaired) electrons. The molecule has 62 heavy (non-hydrogen) atoms. The zero-order chi connectivity index (χ0) is 41.0. The van der Waals surface area contributed by atoms with Crippen molar-refractivity contribution in [3.05, 3.63) is 187 Å². The Hall–Kier alpha value is -7.82. The molecule has 14 rings (SSSR count). The van der Waals surface area contributed by atoms with E-state index in [1.165, 1.54) is 38.6 Å². The van der Waals surface area contributed by atoms with Gasteiger partial charge in [0.15, 0.2) is 0 Å². The molecule has 0 atom stereocenters. The van der Waals surface area contributed by atoms with E-state index in [1.807, 2.05) is 12.1 Å².